The largest absolute Gasteiger partial charge is 0.495 e. The maximum absolute atomic E-state index is 10.8. The smallest absolute Gasteiger partial charge is 0.341 e. The van der Waals surface area contributed by atoms with Crippen molar-refractivity contribution in [1.82, 2.24) is 4.98 Å². The van der Waals surface area contributed by atoms with Gasteiger partial charge in [-0.2, -0.15) is 0 Å². The number of hydrogen-bond acceptors (Lipinski definition) is 6. The van der Waals surface area contributed by atoms with Crippen molar-refractivity contribution in [3.63, 3.8) is 0 Å². The summed E-state index contributed by atoms with van der Waals surface area (Å²) in [7, 11) is 3.66. The molecule has 0 saturated heterocycles. The third-order valence-corrected chi connectivity index (χ3v) is 6.08. The van der Waals surface area contributed by atoms with Crippen LogP contribution in [0.2, 0.25) is 0 Å². The highest BCUT2D eigenvalue weighted by atomic mass is 32.2. The lowest BCUT2D eigenvalue weighted by atomic mass is 10.1. The Morgan fingerprint density at radius 3 is 2.53 bits per heavy atom. The van der Waals surface area contributed by atoms with Gasteiger partial charge in [0.1, 0.15) is 17.3 Å². The van der Waals surface area contributed by atoms with E-state index in [4.69, 9.17) is 14.6 Å². The van der Waals surface area contributed by atoms with Crippen LogP contribution in [0.25, 0.3) is 11.1 Å². The van der Waals surface area contributed by atoms with Crippen LogP contribution in [0.3, 0.4) is 0 Å². The van der Waals surface area contributed by atoms with Gasteiger partial charge in [-0.05, 0) is 48.4 Å². The van der Waals surface area contributed by atoms with Crippen LogP contribution in [-0.4, -0.2) is 49.1 Å². The Labute approximate surface area is 193 Å². The fraction of sp³-hybridized carbons (Fsp3) is 0.280. The molecule has 1 heterocycles. The van der Waals surface area contributed by atoms with Crippen LogP contribution in [0.1, 0.15) is 12.0 Å². The molecule has 1 aromatic heterocycles. The molecule has 0 spiro atoms. The third kappa shape index (κ3) is 6.40. The van der Waals surface area contributed by atoms with Crippen LogP contribution in [0.5, 0.6) is 11.5 Å². The molecule has 0 unspecified atom stereocenters. The molecule has 0 aliphatic carbocycles. The Bertz CT molecular complexity index is 1030. The lowest BCUT2D eigenvalue weighted by Crippen LogP contribution is -2.20. The number of benzene rings is 2. The van der Waals surface area contributed by atoms with Crippen molar-refractivity contribution in [2.75, 3.05) is 38.0 Å². The minimum Gasteiger partial charge on any atom is -0.495 e. The van der Waals surface area contributed by atoms with Crippen LogP contribution < -0.4 is 14.4 Å². The average molecular weight is 453 g/mol. The van der Waals surface area contributed by atoms with Gasteiger partial charge in [-0.15, -0.1) is 11.8 Å². The number of aliphatic carboxylic acids is 1. The Kier molecular flexibility index (Phi) is 8.39. The van der Waals surface area contributed by atoms with Gasteiger partial charge in [-0.25, -0.2) is 9.78 Å². The van der Waals surface area contributed by atoms with Crippen LogP contribution >= 0.6 is 11.8 Å². The molecule has 0 fully saturated rings. The second-order valence-corrected chi connectivity index (χ2v) is 8.48. The molecular formula is C25H28N2O4S. The average Bonchev–Trinajstić information content (AvgIpc) is 2.81. The van der Waals surface area contributed by atoms with Gasteiger partial charge in [0.2, 0.25) is 0 Å². The maximum Gasteiger partial charge on any atom is 0.341 e. The second kappa shape index (κ2) is 11.4. The number of thioether (sulfide) groups is 1. The van der Waals surface area contributed by atoms with E-state index < -0.39 is 5.97 Å². The molecular weight excluding hydrogens is 424 g/mol. The highest BCUT2D eigenvalue weighted by Gasteiger charge is 2.11. The first-order chi connectivity index (χ1) is 15.5. The Hall–Kier alpha value is -3.19. The first kappa shape index (κ1) is 23.5. The summed E-state index contributed by atoms with van der Waals surface area (Å²) in [6, 6.07) is 18.1. The van der Waals surface area contributed by atoms with E-state index in [-0.39, 0.29) is 6.61 Å². The summed E-state index contributed by atoms with van der Waals surface area (Å²) in [6.07, 6.45) is 2.89. The van der Waals surface area contributed by atoms with Crippen molar-refractivity contribution in [2.45, 2.75) is 18.2 Å². The van der Waals surface area contributed by atoms with Gasteiger partial charge in [-0.3, -0.25) is 0 Å². The van der Waals surface area contributed by atoms with Gasteiger partial charge in [0.05, 0.1) is 7.11 Å². The zero-order chi connectivity index (χ0) is 22.9. The summed E-state index contributed by atoms with van der Waals surface area (Å²) in [5, 5.41) is 8.81. The van der Waals surface area contributed by atoms with E-state index >= 15 is 0 Å². The number of carboxylic acids is 1. The molecule has 168 valence electrons. The van der Waals surface area contributed by atoms with Crippen LogP contribution in [0, 0.1) is 6.92 Å². The number of pyridine rings is 1. The minimum atomic E-state index is -1.00. The van der Waals surface area contributed by atoms with Gasteiger partial charge in [0, 0.05) is 36.3 Å². The minimum absolute atomic E-state index is 0.372. The number of aromatic nitrogens is 1. The number of ether oxygens (including phenoxy) is 2. The van der Waals surface area contributed by atoms with E-state index in [0.717, 1.165) is 46.1 Å². The van der Waals surface area contributed by atoms with Crippen molar-refractivity contribution >= 4 is 23.5 Å². The van der Waals surface area contributed by atoms with E-state index in [0.29, 0.717) is 11.5 Å². The lowest BCUT2D eigenvalue weighted by molar-refractivity contribution is -0.139. The number of rotatable bonds is 11. The molecule has 0 amide bonds. The zero-order valence-corrected chi connectivity index (χ0v) is 19.4. The van der Waals surface area contributed by atoms with Gasteiger partial charge < -0.3 is 19.5 Å². The molecule has 2 aromatic carbocycles. The summed E-state index contributed by atoms with van der Waals surface area (Å²) in [5.41, 5.74) is 3.15. The number of anilines is 1. The number of carbonyl (C=O) groups is 1. The van der Waals surface area contributed by atoms with Crippen LogP contribution in [0.15, 0.2) is 65.7 Å². The van der Waals surface area contributed by atoms with E-state index in [1.165, 1.54) is 0 Å². The van der Waals surface area contributed by atoms with Crippen LogP contribution in [-0.2, 0) is 4.79 Å². The molecule has 7 heteroatoms. The molecule has 32 heavy (non-hydrogen) atoms. The first-order valence-electron chi connectivity index (χ1n) is 10.4. The Morgan fingerprint density at radius 1 is 1.09 bits per heavy atom. The number of hydrogen-bond donors (Lipinski definition) is 1. The molecule has 3 rings (SSSR count). The quantitative estimate of drug-likeness (QED) is 0.319. The third-order valence-electron chi connectivity index (χ3n) is 4.95. The molecule has 0 saturated carbocycles. The van der Waals surface area contributed by atoms with Crippen molar-refractivity contribution in [2.24, 2.45) is 0 Å². The number of carboxylic acid groups (broad SMARTS) is 1. The predicted octanol–water partition coefficient (Wildman–Crippen LogP) is 5.15. The molecule has 0 bridgehead atoms. The van der Waals surface area contributed by atoms with Crippen LogP contribution in [0.4, 0.5) is 5.82 Å². The molecule has 0 atom stereocenters. The van der Waals surface area contributed by atoms with E-state index in [2.05, 4.69) is 41.2 Å². The van der Waals surface area contributed by atoms with Crippen molar-refractivity contribution < 1.29 is 19.4 Å². The van der Waals surface area contributed by atoms with Gasteiger partial charge in [-0.1, -0.05) is 30.3 Å². The fourth-order valence-corrected chi connectivity index (χ4v) is 4.26. The lowest BCUT2D eigenvalue weighted by Gasteiger charge is -2.18. The summed E-state index contributed by atoms with van der Waals surface area (Å²) in [5.74, 6) is 2.07. The summed E-state index contributed by atoms with van der Waals surface area (Å²) < 4.78 is 10.8. The SMILES string of the molecule is COc1cc(OCC(=O)O)c(C)cc1SCCCN(C)c1ccc(-c2ccccc2)cn1. The van der Waals surface area contributed by atoms with E-state index in [9.17, 15) is 4.79 Å². The molecule has 3 aromatic rings. The molecule has 1 N–H and O–H groups in total. The van der Waals surface area contributed by atoms with E-state index in [1.54, 1.807) is 24.9 Å². The normalized spacial score (nSPS) is 10.6. The summed E-state index contributed by atoms with van der Waals surface area (Å²) >= 11 is 1.71. The fourth-order valence-electron chi connectivity index (χ4n) is 3.22. The molecule has 6 nitrogen and oxygen atoms in total. The van der Waals surface area contributed by atoms with Crippen molar-refractivity contribution in [3.8, 4) is 22.6 Å². The summed E-state index contributed by atoms with van der Waals surface area (Å²) in [6.45, 7) is 2.41. The second-order valence-electron chi connectivity index (χ2n) is 7.35. The van der Waals surface area contributed by atoms with Crippen molar-refractivity contribution in [3.05, 3.63) is 66.4 Å². The summed E-state index contributed by atoms with van der Waals surface area (Å²) in [4.78, 5) is 18.5. The zero-order valence-electron chi connectivity index (χ0n) is 18.6. The monoisotopic (exact) mass is 452 g/mol. The molecule has 0 radical (unpaired) electrons. The first-order valence-corrected chi connectivity index (χ1v) is 11.3. The van der Waals surface area contributed by atoms with E-state index in [1.807, 2.05) is 37.4 Å². The van der Waals surface area contributed by atoms with Gasteiger partial charge >= 0.3 is 5.97 Å². The topological polar surface area (TPSA) is 71.9 Å². The van der Waals surface area contributed by atoms with Gasteiger partial charge in [0.15, 0.2) is 6.61 Å². The molecule has 0 aliphatic heterocycles. The highest BCUT2D eigenvalue weighted by molar-refractivity contribution is 7.99. The highest BCUT2D eigenvalue weighted by Crippen LogP contribution is 2.35. The Morgan fingerprint density at radius 2 is 1.88 bits per heavy atom. The maximum atomic E-state index is 10.8. The number of nitrogens with zero attached hydrogens (tertiary/aromatic N) is 2. The number of aryl methyl sites for hydroxylation is 1. The van der Waals surface area contributed by atoms with Crippen molar-refractivity contribution in [1.29, 1.82) is 0 Å². The molecule has 0 aliphatic rings. The Balaban J connectivity index is 1.52. The predicted molar refractivity (Wildman–Crippen MR) is 129 cm³/mol. The van der Waals surface area contributed by atoms with Gasteiger partial charge in [0.25, 0.3) is 0 Å². The number of methoxy groups -OCH3 is 1. The standard InChI is InChI=1S/C25H28N2O4S/c1-18-14-23(22(30-3)15-21(18)31-17-25(28)29)32-13-7-12-27(2)24-11-10-20(16-26-24)19-8-5-4-6-9-19/h4-6,8-11,14-16H,7,12-13,17H2,1-3H3,(H,28,29).